The van der Waals surface area contributed by atoms with Gasteiger partial charge in [-0.1, -0.05) is 23.2 Å². The average Bonchev–Trinajstić information content (AvgIpc) is 2.18. The van der Waals surface area contributed by atoms with E-state index in [0.717, 1.165) is 12.2 Å². The standard InChI is InChI=1S/C8H11Cl2N3O/c1-13(3-4-14-2)6-5-7(9)11-12-8(6)10/h5H,3-4H2,1-2H3. The first kappa shape index (κ1) is 11.5. The molecule has 0 aliphatic carbocycles. The van der Waals surface area contributed by atoms with E-state index in [-0.39, 0.29) is 0 Å². The molecule has 4 nitrogen and oxygen atoms in total. The van der Waals surface area contributed by atoms with E-state index in [4.69, 9.17) is 27.9 Å². The maximum absolute atomic E-state index is 5.86. The van der Waals surface area contributed by atoms with Gasteiger partial charge in [-0.05, 0) is 0 Å². The van der Waals surface area contributed by atoms with Crippen molar-refractivity contribution in [2.75, 3.05) is 32.2 Å². The third-order valence-corrected chi connectivity index (χ3v) is 2.20. The highest BCUT2D eigenvalue weighted by atomic mass is 35.5. The lowest BCUT2D eigenvalue weighted by molar-refractivity contribution is 0.206. The molecule has 0 atom stereocenters. The van der Waals surface area contributed by atoms with Gasteiger partial charge in [0.15, 0.2) is 10.3 Å². The SMILES string of the molecule is COCCN(C)c1cc(Cl)nnc1Cl. The number of likely N-dealkylation sites (N-methyl/N-ethyl adjacent to an activating group) is 1. The summed E-state index contributed by atoms with van der Waals surface area (Å²) in [5, 5.41) is 8.00. The summed E-state index contributed by atoms with van der Waals surface area (Å²) < 4.78 is 4.95. The molecule has 6 heteroatoms. The molecule has 0 radical (unpaired) electrons. The van der Waals surface area contributed by atoms with Crippen molar-refractivity contribution in [1.29, 1.82) is 0 Å². The maximum atomic E-state index is 5.86. The summed E-state index contributed by atoms with van der Waals surface area (Å²) in [5.41, 5.74) is 0.753. The molecule has 1 aromatic heterocycles. The van der Waals surface area contributed by atoms with E-state index in [2.05, 4.69) is 10.2 Å². The number of halogens is 2. The van der Waals surface area contributed by atoms with Gasteiger partial charge < -0.3 is 9.64 Å². The minimum Gasteiger partial charge on any atom is -0.383 e. The highest BCUT2D eigenvalue weighted by Gasteiger charge is 2.08. The number of nitrogens with zero attached hydrogens (tertiary/aromatic N) is 3. The van der Waals surface area contributed by atoms with Gasteiger partial charge in [-0.3, -0.25) is 0 Å². The lowest BCUT2D eigenvalue weighted by Crippen LogP contribution is -2.22. The Kier molecular flexibility index (Phi) is 4.38. The average molecular weight is 236 g/mol. The third-order valence-electron chi connectivity index (χ3n) is 1.74. The van der Waals surface area contributed by atoms with Crippen LogP contribution in [0.1, 0.15) is 0 Å². The summed E-state index contributed by atoms with van der Waals surface area (Å²) in [7, 11) is 3.53. The van der Waals surface area contributed by atoms with Gasteiger partial charge in [0.1, 0.15) is 0 Å². The predicted octanol–water partition coefficient (Wildman–Crippen LogP) is 1.87. The van der Waals surface area contributed by atoms with Crippen LogP contribution >= 0.6 is 23.2 Å². The Hall–Kier alpha value is -0.580. The fourth-order valence-electron chi connectivity index (χ4n) is 0.960. The summed E-state index contributed by atoms with van der Waals surface area (Å²) in [6, 6.07) is 1.67. The van der Waals surface area contributed by atoms with Gasteiger partial charge in [0.25, 0.3) is 0 Å². The van der Waals surface area contributed by atoms with Crippen LogP contribution in [-0.4, -0.2) is 37.5 Å². The zero-order valence-electron chi connectivity index (χ0n) is 8.00. The van der Waals surface area contributed by atoms with Gasteiger partial charge >= 0.3 is 0 Å². The van der Waals surface area contributed by atoms with Gasteiger partial charge in [-0.15, -0.1) is 10.2 Å². The van der Waals surface area contributed by atoms with E-state index in [1.807, 2.05) is 11.9 Å². The van der Waals surface area contributed by atoms with Gasteiger partial charge in [0.05, 0.1) is 12.3 Å². The van der Waals surface area contributed by atoms with Crippen LogP contribution in [-0.2, 0) is 4.74 Å². The molecule has 0 spiro atoms. The second-order valence-electron chi connectivity index (χ2n) is 2.76. The summed E-state index contributed by atoms with van der Waals surface area (Å²) in [6.07, 6.45) is 0. The second kappa shape index (κ2) is 5.34. The zero-order valence-corrected chi connectivity index (χ0v) is 9.51. The first-order valence-corrected chi connectivity index (χ1v) is 4.79. The van der Waals surface area contributed by atoms with Gasteiger partial charge in [-0.25, -0.2) is 0 Å². The van der Waals surface area contributed by atoms with E-state index >= 15 is 0 Å². The largest absolute Gasteiger partial charge is 0.383 e. The van der Waals surface area contributed by atoms with Gasteiger partial charge in [0.2, 0.25) is 0 Å². The number of rotatable bonds is 4. The summed E-state index contributed by atoms with van der Waals surface area (Å²) in [4.78, 5) is 1.91. The number of anilines is 1. The van der Waals surface area contributed by atoms with Crippen molar-refractivity contribution in [1.82, 2.24) is 10.2 Å². The number of hydrogen-bond acceptors (Lipinski definition) is 4. The van der Waals surface area contributed by atoms with Crippen molar-refractivity contribution in [3.8, 4) is 0 Å². The predicted molar refractivity (Wildman–Crippen MR) is 57.2 cm³/mol. The normalized spacial score (nSPS) is 10.3. The van der Waals surface area contributed by atoms with Crippen LogP contribution in [0.2, 0.25) is 10.3 Å². The molecule has 0 aliphatic rings. The molecule has 0 amide bonds. The molecule has 0 unspecified atom stereocenters. The Morgan fingerprint density at radius 2 is 2.14 bits per heavy atom. The van der Waals surface area contributed by atoms with Crippen LogP contribution in [0.15, 0.2) is 6.07 Å². The minimum absolute atomic E-state index is 0.327. The van der Waals surface area contributed by atoms with Crippen LogP contribution in [0.4, 0.5) is 5.69 Å². The Morgan fingerprint density at radius 3 is 2.79 bits per heavy atom. The van der Waals surface area contributed by atoms with Crippen molar-refractivity contribution in [3.05, 3.63) is 16.4 Å². The quantitative estimate of drug-likeness (QED) is 0.799. The molecule has 0 aromatic carbocycles. The third kappa shape index (κ3) is 2.97. The molecule has 78 valence electrons. The fourth-order valence-corrected chi connectivity index (χ4v) is 1.34. The number of ether oxygens (including phenoxy) is 1. The van der Waals surface area contributed by atoms with Crippen LogP contribution in [0, 0.1) is 0 Å². The van der Waals surface area contributed by atoms with Crippen molar-refractivity contribution < 1.29 is 4.74 Å². The molecular weight excluding hydrogens is 225 g/mol. The van der Waals surface area contributed by atoms with Gasteiger partial charge in [-0.2, -0.15) is 0 Å². The number of hydrogen-bond donors (Lipinski definition) is 0. The maximum Gasteiger partial charge on any atom is 0.175 e. The molecule has 1 rings (SSSR count). The zero-order chi connectivity index (χ0) is 10.6. The molecule has 1 aromatic rings. The van der Waals surface area contributed by atoms with Crippen molar-refractivity contribution in [3.63, 3.8) is 0 Å². The highest BCUT2D eigenvalue weighted by Crippen LogP contribution is 2.23. The van der Waals surface area contributed by atoms with E-state index in [1.54, 1.807) is 13.2 Å². The van der Waals surface area contributed by atoms with E-state index in [0.29, 0.717) is 16.9 Å². The van der Waals surface area contributed by atoms with Crippen LogP contribution in [0.5, 0.6) is 0 Å². The van der Waals surface area contributed by atoms with Crippen molar-refractivity contribution in [2.24, 2.45) is 0 Å². The number of aromatic nitrogens is 2. The molecule has 1 heterocycles. The fraction of sp³-hybridized carbons (Fsp3) is 0.500. The Balaban J connectivity index is 2.77. The second-order valence-corrected chi connectivity index (χ2v) is 3.50. The Labute approximate surface area is 92.8 Å². The highest BCUT2D eigenvalue weighted by molar-refractivity contribution is 6.33. The Morgan fingerprint density at radius 1 is 1.43 bits per heavy atom. The molecule has 0 saturated heterocycles. The first-order chi connectivity index (χ1) is 6.65. The van der Waals surface area contributed by atoms with Crippen LogP contribution in [0.25, 0.3) is 0 Å². The molecule has 0 aliphatic heterocycles. The van der Waals surface area contributed by atoms with Crippen LogP contribution < -0.4 is 4.90 Å². The molecular formula is C8H11Cl2N3O. The van der Waals surface area contributed by atoms with Gasteiger partial charge in [0, 0.05) is 26.8 Å². The summed E-state index contributed by atoms with van der Waals surface area (Å²) in [5.74, 6) is 0. The van der Waals surface area contributed by atoms with Crippen molar-refractivity contribution >= 4 is 28.9 Å². The lowest BCUT2D eigenvalue weighted by Gasteiger charge is -2.18. The molecule has 0 fully saturated rings. The van der Waals surface area contributed by atoms with E-state index in [9.17, 15) is 0 Å². The monoisotopic (exact) mass is 235 g/mol. The summed E-state index contributed by atoms with van der Waals surface area (Å²) in [6.45, 7) is 1.34. The minimum atomic E-state index is 0.327. The molecule has 0 bridgehead atoms. The topological polar surface area (TPSA) is 38.2 Å². The van der Waals surface area contributed by atoms with E-state index in [1.165, 1.54) is 0 Å². The molecule has 0 saturated carbocycles. The van der Waals surface area contributed by atoms with Crippen LogP contribution in [0.3, 0.4) is 0 Å². The lowest BCUT2D eigenvalue weighted by atomic mass is 10.4. The first-order valence-electron chi connectivity index (χ1n) is 4.04. The number of methoxy groups -OCH3 is 1. The molecule has 0 N–H and O–H groups in total. The molecule has 14 heavy (non-hydrogen) atoms. The summed E-state index contributed by atoms with van der Waals surface area (Å²) >= 11 is 11.6. The van der Waals surface area contributed by atoms with E-state index < -0.39 is 0 Å². The van der Waals surface area contributed by atoms with Crippen molar-refractivity contribution in [2.45, 2.75) is 0 Å². The smallest absolute Gasteiger partial charge is 0.175 e. The Bertz CT molecular complexity index is 309.